The average molecular weight is 336 g/mol. The molecule has 0 bridgehead atoms. The van der Waals surface area contributed by atoms with E-state index in [0.29, 0.717) is 18.5 Å². The van der Waals surface area contributed by atoms with Gasteiger partial charge in [0.15, 0.2) is 0 Å². The van der Waals surface area contributed by atoms with Gasteiger partial charge in [0.05, 0.1) is 11.4 Å². The van der Waals surface area contributed by atoms with Gasteiger partial charge in [-0.25, -0.2) is 0 Å². The summed E-state index contributed by atoms with van der Waals surface area (Å²) in [4.78, 5) is 22.7. The third-order valence-electron chi connectivity index (χ3n) is 3.01. The largest absolute Gasteiger partial charge is 1.00 e. The third-order valence-corrected chi connectivity index (χ3v) is 3.51. The zero-order valence-electron chi connectivity index (χ0n) is 10.2. The number of aryl methyl sites for hydroxylation is 1. The van der Waals surface area contributed by atoms with E-state index in [1.807, 2.05) is 13.0 Å². The molecule has 1 amide bonds. The number of amides is 1. The number of carboxylic acid groups (broad SMARTS) is 1. The van der Waals surface area contributed by atoms with Crippen LogP contribution >= 0.6 is 15.9 Å². The van der Waals surface area contributed by atoms with Crippen molar-refractivity contribution < 1.29 is 66.1 Å². The van der Waals surface area contributed by atoms with Crippen molar-refractivity contribution in [2.24, 2.45) is 5.41 Å². The zero-order chi connectivity index (χ0) is 12.6. The first-order valence-electron chi connectivity index (χ1n) is 5.25. The Labute approximate surface area is 156 Å². The molecule has 0 aliphatic heterocycles. The fourth-order valence-corrected chi connectivity index (χ4v) is 2.13. The van der Waals surface area contributed by atoms with Gasteiger partial charge < -0.3 is 15.2 Å². The van der Waals surface area contributed by atoms with E-state index in [2.05, 4.69) is 21.2 Å². The Bertz CT molecular complexity index is 500. The molecule has 1 aromatic rings. The predicted octanol–water partition coefficient (Wildman–Crippen LogP) is -1.77. The van der Waals surface area contributed by atoms with Crippen molar-refractivity contribution in [3.05, 3.63) is 28.2 Å². The minimum atomic E-state index is -1.31. The predicted molar refractivity (Wildman–Crippen MR) is 64.2 cm³/mol. The Morgan fingerprint density at radius 3 is 2.44 bits per heavy atom. The summed E-state index contributed by atoms with van der Waals surface area (Å²) in [6.45, 7) is 1.85. The van der Waals surface area contributed by atoms with Crippen LogP contribution in [0.2, 0.25) is 0 Å². The van der Waals surface area contributed by atoms with Crippen LogP contribution in [-0.4, -0.2) is 11.9 Å². The molecule has 1 saturated carbocycles. The molecular formula is C12H11BrKNO3. The van der Waals surface area contributed by atoms with Crippen molar-refractivity contribution in [3.8, 4) is 0 Å². The number of hydrogen-bond donors (Lipinski definition) is 1. The summed E-state index contributed by atoms with van der Waals surface area (Å²) in [5, 5.41) is 13.5. The van der Waals surface area contributed by atoms with Gasteiger partial charge in [0.2, 0.25) is 5.91 Å². The number of anilines is 1. The Balaban J connectivity index is 0.00000162. The van der Waals surface area contributed by atoms with E-state index in [-0.39, 0.29) is 51.4 Å². The average Bonchev–Trinajstić information content (AvgIpc) is 3.02. The molecular weight excluding hydrogens is 325 g/mol. The van der Waals surface area contributed by atoms with Crippen LogP contribution in [0.4, 0.5) is 5.69 Å². The summed E-state index contributed by atoms with van der Waals surface area (Å²) in [6.07, 6.45) is 0.716. The number of benzene rings is 1. The van der Waals surface area contributed by atoms with Crippen LogP contribution < -0.4 is 61.8 Å². The number of hydrogen-bond acceptors (Lipinski definition) is 3. The standard InChI is InChI=1S/C12H12BrNO3.K/c1-7-6-8(13)2-3-9(7)14-10(15)12(4-5-12)11(16)17;/h2-3,6H,4-5H2,1H3,(H,14,15)(H,16,17);/q;+1/p-1. The molecule has 1 fully saturated rings. The molecule has 90 valence electrons. The van der Waals surface area contributed by atoms with Gasteiger partial charge in [-0.3, -0.25) is 4.79 Å². The van der Waals surface area contributed by atoms with Crippen LogP contribution in [0.5, 0.6) is 0 Å². The van der Waals surface area contributed by atoms with E-state index in [0.717, 1.165) is 10.0 Å². The van der Waals surface area contributed by atoms with Crippen molar-refractivity contribution in [1.29, 1.82) is 0 Å². The molecule has 0 atom stereocenters. The monoisotopic (exact) mass is 335 g/mol. The van der Waals surface area contributed by atoms with Gasteiger partial charge in [-0.1, -0.05) is 15.9 Å². The molecule has 6 heteroatoms. The molecule has 2 rings (SSSR count). The molecule has 0 heterocycles. The second kappa shape index (κ2) is 6.15. The Morgan fingerprint density at radius 2 is 2.00 bits per heavy atom. The van der Waals surface area contributed by atoms with Crippen molar-refractivity contribution in [2.75, 3.05) is 5.32 Å². The van der Waals surface area contributed by atoms with Gasteiger partial charge in [0.25, 0.3) is 0 Å². The van der Waals surface area contributed by atoms with Crippen molar-refractivity contribution in [2.45, 2.75) is 19.8 Å². The summed E-state index contributed by atoms with van der Waals surface area (Å²) in [7, 11) is 0. The molecule has 0 radical (unpaired) electrons. The number of nitrogens with one attached hydrogen (secondary N) is 1. The van der Waals surface area contributed by atoms with E-state index in [1.165, 1.54) is 0 Å². The Morgan fingerprint density at radius 1 is 1.39 bits per heavy atom. The molecule has 4 nitrogen and oxygen atoms in total. The minimum Gasteiger partial charge on any atom is -0.549 e. The molecule has 0 saturated heterocycles. The summed E-state index contributed by atoms with van der Waals surface area (Å²) in [6, 6.07) is 5.39. The SMILES string of the molecule is Cc1cc(Br)ccc1NC(=O)C1(C(=O)[O-])CC1.[K+]. The van der Waals surface area contributed by atoms with Crippen LogP contribution in [0.3, 0.4) is 0 Å². The first-order valence-corrected chi connectivity index (χ1v) is 6.04. The Kier molecular flexibility index (Phi) is 5.58. The number of rotatable bonds is 3. The molecule has 1 N–H and O–H groups in total. The van der Waals surface area contributed by atoms with E-state index in [9.17, 15) is 14.7 Å². The maximum absolute atomic E-state index is 11.8. The van der Waals surface area contributed by atoms with Gasteiger partial charge in [0, 0.05) is 10.2 Å². The van der Waals surface area contributed by atoms with Crippen LogP contribution in [0.15, 0.2) is 22.7 Å². The first kappa shape index (κ1) is 16.3. The number of aliphatic carboxylic acids is 1. The normalized spacial score (nSPS) is 15.4. The van der Waals surface area contributed by atoms with Gasteiger partial charge in [-0.15, -0.1) is 0 Å². The van der Waals surface area contributed by atoms with E-state index in [1.54, 1.807) is 12.1 Å². The molecule has 1 aliphatic rings. The second-order valence-electron chi connectivity index (χ2n) is 4.28. The van der Waals surface area contributed by atoms with Gasteiger partial charge in [-0.2, -0.15) is 0 Å². The maximum Gasteiger partial charge on any atom is 1.00 e. The zero-order valence-corrected chi connectivity index (χ0v) is 15.0. The number of carbonyl (C=O) groups is 2. The quantitative estimate of drug-likeness (QED) is 0.525. The van der Waals surface area contributed by atoms with Crippen LogP contribution in [-0.2, 0) is 9.59 Å². The van der Waals surface area contributed by atoms with Gasteiger partial charge >= 0.3 is 51.4 Å². The fraction of sp³-hybridized carbons (Fsp3) is 0.333. The van der Waals surface area contributed by atoms with Crippen molar-refractivity contribution in [1.82, 2.24) is 0 Å². The van der Waals surface area contributed by atoms with Crippen molar-refractivity contribution >= 4 is 33.5 Å². The maximum atomic E-state index is 11.8. The van der Waals surface area contributed by atoms with Gasteiger partial charge in [-0.05, 0) is 43.5 Å². The molecule has 1 aliphatic carbocycles. The molecule has 0 spiro atoms. The summed E-state index contributed by atoms with van der Waals surface area (Å²) in [5.74, 6) is -1.77. The summed E-state index contributed by atoms with van der Waals surface area (Å²) < 4.78 is 0.911. The fourth-order valence-electron chi connectivity index (χ4n) is 1.66. The van der Waals surface area contributed by atoms with Crippen LogP contribution in [0.1, 0.15) is 18.4 Å². The third kappa shape index (κ3) is 3.23. The van der Waals surface area contributed by atoms with E-state index < -0.39 is 17.3 Å². The minimum absolute atomic E-state index is 0. The number of halogens is 1. The topological polar surface area (TPSA) is 69.2 Å². The van der Waals surface area contributed by atoms with Gasteiger partial charge in [0.1, 0.15) is 0 Å². The van der Waals surface area contributed by atoms with Crippen LogP contribution in [0.25, 0.3) is 0 Å². The molecule has 0 aromatic heterocycles. The van der Waals surface area contributed by atoms with E-state index in [4.69, 9.17) is 0 Å². The van der Waals surface area contributed by atoms with Crippen LogP contribution in [0, 0.1) is 12.3 Å². The molecule has 1 aromatic carbocycles. The molecule has 0 unspecified atom stereocenters. The first-order chi connectivity index (χ1) is 7.95. The summed E-state index contributed by atoms with van der Waals surface area (Å²) >= 11 is 3.32. The summed E-state index contributed by atoms with van der Waals surface area (Å²) in [5.41, 5.74) is 0.201. The smallest absolute Gasteiger partial charge is 0.549 e. The number of carbonyl (C=O) groups excluding carboxylic acids is 2. The van der Waals surface area contributed by atoms with E-state index >= 15 is 0 Å². The Hall–Kier alpha value is 0.276. The number of carboxylic acids is 1. The second-order valence-corrected chi connectivity index (χ2v) is 5.20. The molecule has 18 heavy (non-hydrogen) atoms. The van der Waals surface area contributed by atoms with Crippen molar-refractivity contribution in [3.63, 3.8) is 0 Å².